The number of nitroso groups, excluding NO2 is 1. The van der Waals surface area contributed by atoms with E-state index < -0.39 is 18.0 Å². The van der Waals surface area contributed by atoms with Crippen molar-refractivity contribution < 1.29 is 24.5 Å². The minimum absolute atomic E-state index is 0.313. The number of hydrogen-bond donors (Lipinski definition) is 2. The molecule has 1 aliphatic carbocycles. The molecular formula is C12H24N3O5+. The quantitative estimate of drug-likeness (QED) is 0.550. The van der Waals surface area contributed by atoms with Gasteiger partial charge < -0.3 is 9.84 Å². The van der Waals surface area contributed by atoms with E-state index in [1.807, 2.05) is 20.8 Å². The van der Waals surface area contributed by atoms with Crippen LogP contribution in [0.15, 0.2) is 0 Å². The van der Waals surface area contributed by atoms with Crippen molar-refractivity contribution in [2.75, 3.05) is 14.2 Å². The van der Waals surface area contributed by atoms with E-state index >= 15 is 0 Å². The first-order valence-electron chi connectivity index (χ1n) is 6.54. The topological polar surface area (TPSA) is 91.1 Å². The van der Waals surface area contributed by atoms with Gasteiger partial charge in [0.15, 0.2) is 0 Å². The second kappa shape index (κ2) is 6.36. The number of aliphatic carboxylic acids is 1. The van der Waals surface area contributed by atoms with E-state index in [1.54, 1.807) is 7.05 Å². The van der Waals surface area contributed by atoms with Crippen LogP contribution in [0.4, 0.5) is 0 Å². The zero-order valence-corrected chi connectivity index (χ0v) is 12.6. The third kappa shape index (κ3) is 4.04. The Bertz CT molecular complexity index is 369. The number of carboxylic acids is 1. The molecule has 0 bridgehead atoms. The second-order valence-electron chi connectivity index (χ2n) is 6.00. The molecule has 20 heavy (non-hydrogen) atoms. The molecule has 1 aliphatic rings. The predicted molar refractivity (Wildman–Crippen MR) is 70.3 cm³/mol. The van der Waals surface area contributed by atoms with E-state index in [1.165, 1.54) is 12.1 Å². The molecule has 8 heteroatoms. The van der Waals surface area contributed by atoms with E-state index in [0.717, 1.165) is 0 Å². The first kappa shape index (κ1) is 16.6. The average Bonchev–Trinajstić information content (AvgIpc) is 2.77. The Balaban J connectivity index is 2.52. The van der Waals surface area contributed by atoms with Crippen LogP contribution in [0.3, 0.4) is 0 Å². The normalized spacial score (nSPS) is 26.4. The highest BCUT2D eigenvalue weighted by molar-refractivity contribution is 5.70. The zero-order valence-electron chi connectivity index (χ0n) is 12.6. The summed E-state index contributed by atoms with van der Waals surface area (Å²) in [4.78, 5) is 28.6. The molecule has 8 nitrogen and oxygen atoms in total. The van der Waals surface area contributed by atoms with Crippen molar-refractivity contribution in [3.8, 4) is 0 Å². The van der Waals surface area contributed by atoms with Crippen LogP contribution in [0.5, 0.6) is 0 Å². The lowest BCUT2D eigenvalue weighted by atomic mass is 10.1. The van der Waals surface area contributed by atoms with E-state index in [2.05, 4.69) is 5.59 Å². The molecule has 0 heterocycles. The molecule has 3 atom stereocenters. The molecule has 0 amide bonds. The molecule has 0 aliphatic heterocycles. The Kier molecular flexibility index (Phi) is 5.29. The lowest BCUT2D eigenvalue weighted by Gasteiger charge is -2.23. The van der Waals surface area contributed by atoms with Crippen LogP contribution in [-0.2, 0) is 14.4 Å². The van der Waals surface area contributed by atoms with Crippen LogP contribution in [0, 0.1) is 10.8 Å². The molecule has 0 aromatic rings. The second-order valence-corrected chi connectivity index (χ2v) is 6.00. The zero-order chi connectivity index (χ0) is 15.5. The fourth-order valence-corrected chi connectivity index (χ4v) is 1.98. The van der Waals surface area contributed by atoms with Crippen molar-refractivity contribution in [1.29, 1.82) is 0 Å². The Hall–Kier alpha value is -1.41. The highest BCUT2D eigenvalue weighted by Gasteiger charge is 2.41. The highest BCUT2D eigenvalue weighted by atomic mass is 16.7. The summed E-state index contributed by atoms with van der Waals surface area (Å²) < 4.78 is 5.20. The monoisotopic (exact) mass is 290 g/mol. The van der Waals surface area contributed by atoms with Gasteiger partial charge in [0.05, 0.1) is 29.5 Å². The maximum Gasteiger partial charge on any atom is 0.306 e. The number of carbonyl (C=O) groups is 1. The van der Waals surface area contributed by atoms with Crippen LogP contribution >= 0.6 is 0 Å². The lowest BCUT2D eigenvalue weighted by molar-refractivity contribution is -0.797. The molecule has 116 valence electrons. The maximum atomic E-state index is 11.8. The van der Waals surface area contributed by atoms with Gasteiger partial charge in [-0.25, -0.2) is 4.84 Å². The van der Waals surface area contributed by atoms with Crippen LogP contribution < -0.4 is 5.59 Å². The van der Waals surface area contributed by atoms with E-state index in [0.29, 0.717) is 17.8 Å². The number of nitrogens with one attached hydrogen (secondary N) is 1. The largest absolute Gasteiger partial charge is 0.481 e. The highest BCUT2D eigenvalue weighted by Crippen LogP contribution is 2.30. The summed E-state index contributed by atoms with van der Waals surface area (Å²) in [7, 11) is 3.13. The van der Waals surface area contributed by atoms with Gasteiger partial charge in [-0.2, -0.15) is 0 Å². The number of carboxylic acid groups (broad SMARTS) is 1. The van der Waals surface area contributed by atoms with E-state index in [-0.39, 0.29) is 11.6 Å². The molecule has 1 saturated carbocycles. The Morgan fingerprint density at radius 2 is 1.90 bits per heavy atom. The summed E-state index contributed by atoms with van der Waals surface area (Å²) in [6.45, 7) is 5.65. The van der Waals surface area contributed by atoms with Crippen molar-refractivity contribution in [2.45, 2.75) is 51.4 Å². The van der Waals surface area contributed by atoms with Crippen LogP contribution in [0.25, 0.3) is 0 Å². The maximum absolute atomic E-state index is 11.8. The Morgan fingerprint density at radius 3 is 2.35 bits per heavy atom. The first-order valence-corrected chi connectivity index (χ1v) is 6.54. The summed E-state index contributed by atoms with van der Waals surface area (Å²) in [5, 5.41) is 10.4. The average molecular weight is 290 g/mol. The molecule has 2 N–H and O–H groups in total. The van der Waals surface area contributed by atoms with Crippen molar-refractivity contribution in [1.82, 2.24) is 10.6 Å². The van der Waals surface area contributed by atoms with Gasteiger partial charge in [0, 0.05) is 12.7 Å². The first-order chi connectivity index (χ1) is 9.16. The van der Waals surface area contributed by atoms with Gasteiger partial charge in [-0.15, -0.1) is 5.01 Å². The summed E-state index contributed by atoms with van der Waals surface area (Å²) in [6.07, 6.45) is -0.108. The summed E-state index contributed by atoms with van der Waals surface area (Å²) >= 11 is 0. The van der Waals surface area contributed by atoms with Crippen molar-refractivity contribution in [3.63, 3.8) is 0 Å². The van der Waals surface area contributed by atoms with Gasteiger partial charge in [-0.3, -0.25) is 4.79 Å². The van der Waals surface area contributed by atoms with Crippen LogP contribution in [-0.4, -0.2) is 53.0 Å². The van der Waals surface area contributed by atoms with Crippen molar-refractivity contribution in [3.05, 3.63) is 4.91 Å². The summed E-state index contributed by atoms with van der Waals surface area (Å²) in [5.41, 5.74) is 1.92. The lowest BCUT2D eigenvalue weighted by Crippen LogP contribution is -2.50. The molecule has 1 rings (SSSR count). The standard InChI is InChI=1S/C12H23N3O5/c1-12(2,3)14(4)15(18)13-20-10-7-8(11(16)17)6-9(10)19-5/h8-10H,6-7H2,1-5H3,(H-,13,16,17,18)/p+1. The summed E-state index contributed by atoms with van der Waals surface area (Å²) in [5.74, 6) is -1.38. The van der Waals surface area contributed by atoms with Crippen LogP contribution in [0.1, 0.15) is 33.6 Å². The molecule has 0 saturated heterocycles. The molecule has 3 unspecified atom stereocenters. The minimum atomic E-state index is -0.871. The van der Waals surface area contributed by atoms with Gasteiger partial charge in [0.1, 0.15) is 6.10 Å². The van der Waals surface area contributed by atoms with E-state index in [9.17, 15) is 9.70 Å². The van der Waals surface area contributed by atoms with Gasteiger partial charge in [0.2, 0.25) is 0 Å². The fourth-order valence-electron chi connectivity index (χ4n) is 1.98. The van der Waals surface area contributed by atoms with Crippen molar-refractivity contribution in [2.24, 2.45) is 5.92 Å². The minimum Gasteiger partial charge on any atom is -0.481 e. The third-order valence-corrected chi connectivity index (χ3v) is 3.63. The number of rotatable bonds is 6. The molecular weight excluding hydrogens is 266 g/mol. The number of ether oxygens (including phenoxy) is 1. The predicted octanol–water partition coefficient (Wildman–Crippen LogP) is 0.725. The molecule has 0 spiro atoms. The van der Waals surface area contributed by atoms with Gasteiger partial charge in [0.25, 0.3) is 4.98 Å². The van der Waals surface area contributed by atoms with Crippen molar-refractivity contribution >= 4 is 5.97 Å². The molecule has 0 aromatic heterocycles. The summed E-state index contributed by atoms with van der Waals surface area (Å²) in [6, 6.07) is 0. The number of hydrogen-bond acceptors (Lipinski definition) is 4. The van der Waals surface area contributed by atoms with Crippen LogP contribution in [0.2, 0.25) is 0 Å². The molecule has 1 fully saturated rings. The third-order valence-electron chi connectivity index (χ3n) is 3.63. The van der Waals surface area contributed by atoms with E-state index in [4.69, 9.17) is 14.7 Å². The van der Waals surface area contributed by atoms with Gasteiger partial charge in [-0.1, -0.05) is 0 Å². The smallest absolute Gasteiger partial charge is 0.306 e. The number of hydrazine groups is 2. The molecule has 0 radical (unpaired) electrons. The molecule has 0 aromatic carbocycles. The number of nitrogens with zero attached hydrogens (tertiary/aromatic N) is 2. The Labute approximate surface area is 118 Å². The fraction of sp³-hybridized carbons (Fsp3) is 0.917. The number of methoxy groups -OCH3 is 1. The van der Waals surface area contributed by atoms with Gasteiger partial charge >= 0.3 is 5.97 Å². The van der Waals surface area contributed by atoms with Gasteiger partial charge in [-0.05, 0) is 33.6 Å². The SMILES string of the molecule is COC1CC(C(=O)O)CC1ON[N+](=O)N(C)C(C)(C)C. The Morgan fingerprint density at radius 1 is 1.35 bits per heavy atom.